The van der Waals surface area contributed by atoms with Crippen LogP contribution in [0.1, 0.15) is 18.1 Å². The Labute approximate surface area is 209 Å². The van der Waals surface area contributed by atoms with Gasteiger partial charge in [-0.15, -0.1) is 10.2 Å². The number of amides is 1. The van der Waals surface area contributed by atoms with Crippen LogP contribution in [0.4, 0.5) is 5.13 Å². The normalized spacial score (nSPS) is 12.8. The molecule has 1 aliphatic rings. The highest BCUT2D eigenvalue weighted by Crippen LogP contribution is 2.33. The first-order chi connectivity index (χ1) is 16.8. The third-order valence-electron chi connectivity index (χ3n) is 4.74. The SMILES string of the molecule is CCS(=O)(=O)c1nnc(NC(=O)C(C#N)=Cc2ccc(OCc3ccc4c(c3)OCO4)c(Cl)c2)s1. The molecular formula is C22H17ClN4O6S2. The first kappa shape index (κ1) is 24.5. The van der Waals surface area contributed by atoms with Gasteiger partial charge in [-0.2, -0.15) is 5.26 Å². The van der Waals surface area contributed by atoms with Crippen molar-refractivity contribution in [3.8, 4) is 23.3 Å². The summed E-state index contributed by atoms with van der Waals surface area (Å²) in [4.78, 5) is 12.5. The van der Waals surface area contributed by atoms with Gasteiger partial charge in [0.05, 0.1) is 10.8 Å². The molecule has 0 bridgehead atoms. The van der Waals surface area contributed by atoms with Crippen LogP contribution in [0.2, 0.25) is 5.02 Å². The molecule has 3 aromatic rings. The fraction of sp³-hybridized carbons (Fsp3) is 0.182. The topological polar surface area (TPSA) is 140 Å². The van der Waals surface area contributed by atoms with Crippen LogP contribution in [-0.2, 0) is 21.2 Å². The number of fused-ring (bicyclic) bond motifs is 1. The molecule has 0 aliphatic carbocycles. The van der Waals surface area contributed by atoms with E-state index in [1.807, 2.05) is 18.2 Å². The minimum atomic E-state index is -3.55. The first-order valence-corrected chi connectivity index (χ1v) is 12.9. The molecule has 10 nitrogen and oxygen atoms in total. The Morgan fingerprint density at radius 2 is 2.06 bits per heavy atom. The van der Waals surface area contributed by atoms with Crippen LogP contribution in [0.3, 0.4) is 0 Å². The zero-order valence-corrected chi connectivity index (χ0v) is 20.5. The zero-order valence-electron chi connectivity index (χ0n) is 18.1. The van der Waals surface area contributed by atoms with E-state index in [2.05, 4.69) is 15.5 Å². The maximum atomic E-state index is 12.5. The monoisotopic (exact) mass is 532 g/mol. The van der Waals surface area contributed by atoms with Gasteiger partial charge >= 0.3 is 0 Å². The van der Waals surface area contributed by atoms with E-state index in [-0.39, 0.29) is 39.2 Å². The summed E-state index contributed by atoms with van der Waals surface area (Å²) in [5.74, 6) is 0.844. The summed E-state index contributed by atoms with van der Waals surface area (Å²) in [6.45, 7) is 1.91. The molecule has 0 spiro atoms. The maximum Gasteiger partial charge on any atom is 0.268 e. The summed E-state index contributed by atoms with van der Waals surface area (Å²) < 4.78 is 39.9. The molecule has 1 amide bonds. The number of hydrogen-bond donors (Lipinski definition) is 1. The van der Waals surface area contributed by atoms with Crippen molar-refractivity contribution >= 4 is 49.9 Å². The molecule has 2 aromatic carbocycles. The number of ether oxygens (including phenoxy) is 3. The standard InChI is InChI=1S/C22H17ClN4O6S2/c1-2-35(29,30)22-27-26-21(34-22)25-20(28)15(10-24)7-13-3-5-17(16(23)8-13)31-11-14-4-6-18-19(9-14)33-12-32-18/h3-9H,2,11-12H2,1H3,(H,25,26,28). The number of benzene rings is 2. The van der Waals surface area contributed by atoms with Gasteiger partial charge in [-0.3, -0.25) is 10.1 Å². The molecule has 0 atom stereocenters. The summed E-state index contributed by atoms with van der Waals surface area (Å²) in [6, 6.07) is 12.1. The highest BCUT2D eigenvalue weighted by Gasteiger charge is 2.20. The quantitative estimate of drug-likeness (QED) is 0.260. The van der Waals surface area contributed by atoms with Gasteiger partial charge < -0.3 is 14.2 Å². The van der Waals surface area contributed by atoms with E-state index in [4.69, 9.17) is 25.8 Å². The van der Waals surface area contributed by atoms with Crippen LogP contribution in [0.5, 0.6) is 17.2 Å². The number of anilines is 1. The van der Waals surface area contributed by atoms with Crippen LogP contribution < -0.4 is 19.5 Å². The molecule has 0 saturated carbocycles. The van der Waals surface area contributed by atoms with Crippen LogP contribution in [0.15, 0.2) is 46.3 Å². The lowest BCUT2D eigenvalue weighted by molar-refractivity contribution is -0.112. The number of nitrogens with zero attached hydrogens (tertiary/aromatic N) is 3. The summed E-state index contributed by atoms with van der Waals surface area (Å²) in [5, 5.41) is 19.3. The van der Waals surface area contributed by atoms with Crippen molar-refractivity contribution in [1.82, 2.24) is 10.2 Å². The van der Waals surface area contributed by atoms with Crippen LogP contribution >= 0.6 is 22.9 Å². The molecule has 0 unspecified atom stereocenters. The van der Waals surface area contributed by atoms with Gasteiger partial charge in [-0.1, -0.05) is 42.0 Å². The van der Waals surface area contributed by atoms with E-state index in [9.17, 15) is 18.5 Å². The highest BCUT2D eigenvalue weighted by molar-refractivity contribution is 7.93. The van der Waals surface area contributed by atoms with Gasteiger partial charge in [-0.05, 0) is 41.5 Å². The van der Waals surface area contributed by atoms with Crippen molar-refractivity contribution in [1.29, 1.82) is 5.26 Å². The Morgan fingerprint density at radius 1 is 1.26 bits per heavy atom. The van der Waals surface area contributed by atoms with E-state index in [0.29, 0.717) is 34.1 Å². The molecule has 0 saturated heterocycles. The molecule has 0 fully saturated rings. The minimum Gasteiger partial charge on any atom is -0.487 e. The summed E-state index contributed by atoms with van der Waals surface area (Å²) in [5.41, 5.74) is 1.12. The number of nitriles is 1. The molecule has 4 rings (SSSR count). The number of sulfone groups is 1. The third-order valence-corrected chi connectivity index (χ3v) is 8.05. The fourth-order valence-electron chi connectivity index (χ4n) is 2.90. The number of carbonyl (C=O) groups is 1. The van der Waals surface area contributed by atoms with Gasteiger partial charge in [0.15, 0.2) is 11.5 Å². The van der Waals surface area contributed by atoms with Crippen molar-refractivity contribution < 1.29 is 27.4 Å². The Morgan fingerprint density at radius 3 is 2.80 bits per heavy atom. The molecular weight excluding hydrogens is 516 g/mol. The lowest BCUT2D eigenvalue weighted by atomic mass is 10.1. The molecule has 13 heteroatoms. The molecule has 2 heterocycles. The fourth-order valence-corrected chi connectivity index (χ4v) is 5.13. The summed E-state index contributed by atoms with van der Waals surface area (Å²) in [7, 11) is -3.55. The molecule has 0 radical (unpaired) electrons. The molecule has 1 aliphatic heterocycles. The average Bonchev–Trinajstić information content (AvgIpc) is 3.51. The van der Waals surface area contributed by atoms with Crippen molar-refractivity contribution in [2.45, 2.75) is 17.9 Å². The Hall–Kier alpha value is -3.66. The van der Waals surface area contributed by atoms with Gasteiger partial charge in [0.1, 0.15) is 24.0 Å². The molecule has 1 aromatic heterocycles. The predicted molar refractivity (Wildman–Crippen MR) is 128 cm³/mol. The zero-order chi connectivity index (χ0) is 25.0. The van der Waals surface area contributed by atoms with Gasteiger partial charge in [0.25, 0.3) is 5.91 Å². The maximum absolute atomic E-state index is 12.5. The van der Waals surface area contributed by atoms with Crippen molar-refractivity contribution in [3.63, 3.8) is 0 Å². The summed E-state index contributed by atoms with van der Waals surface area (Å²) in [6.07, 6.45) is 1.34. The Balaban J connectivity index is 1.42. The first-order valence-electron chi connectivity index (χ1n) is 10.1. The number of nitrogens with one attached hydrogen (secondary N) is 1. The van der Waals surface area contributed by atoms with Crippen molar-refractivity contribution in [2.75, 3.05) is 17.9 Å². The van der Waals surface area contributed by atoms with E-state index >= 15 is 0 Å². The molecule has 35 heavy (non-hydrogen) atoms. The minimum absolute atomic E-state index is 0.0338. The second kappa shape index (κ2) is 10.3. The third kappa shape index (κ3) is 5.71. The van der Waals surface area contributed by atoms with Crippen LogP contribution in [0.25, 0.3) is 6.08 Å². The largest absolute Gasteiger partial charge is 0.487 e. The van der Waals surface area contributed by atoms with Crippen molar-refractivity contribution in [3.05, 3.63) is 58.1 Å². The molecule has 1 N–H and O–H groups in total. The second-order valence-corrected chi connectivity index (χ2v) is 10.9. The van der Waals surface area contributed by atoms with E-state index in [0.717, 1.165) is 5.56 Å². The Bertz CT molecular complexity index is 1460. The number of hydrogen-bond acceptors (Lipinski definition) is 10. The van der Waals surface area contributed by atoms with Gasteiger partial charge in [-0.25, -0.2) is 8.42 Å². The van der Waals surface area contributed by atoms with Crippen LogP contribution in [-0.4, -0.2) is 37.1 Å². The predicted octanol–water partition coefficient (Wildman–Crippen LogP) is 3.84. The van der Waals surface area contributed by atoms with Gasteiger partial charge in [0, 0.05) is 0 Å². The van der Waals surface area contributed by atoms with E-state index in [1.165, 1.54) is 13.0 Å². The van der Waals surface area contributed by atoms with E-state index < -0.39 is 15.7 Å². The Kier molecular flexibility index (Phi) is 7.20. The average molecular weight is 533 g/mol. The molecule has 180 valence electrons. The van der Waals surface area contributed by atoms with E-state index in [1.54, 1.807) is 24.3 Å². The van der Waals surface area contributed by atoms with Gasteiger partial charge in [0.2, 0.25) is 26.1 Å². The number of carbonyl (C=O) groups excluding carboxylic acids is 1. The van der Waals surface area contributed by atoms with Crippen LogP contribution in [0, 0.1) is 11.3 Å². The second-order valence-electron chi connectivity index (χ2n) is 7.07. The number of aromatic nitrogens is 2. The highest BCUT2D eigenvalue weighted by atomic mass is 35.5. The number of halogens is 1. The lowest BCUT2D eigenvalue weighted by Gasteiger charge is -2.09. The summed E-state index contributed by atoms with van der Waals surface area (Å²) >= 11 is 7.04. The van der Waals surface area contributed by atoms with Crippen molar-refractivity contribution in [2.24, 2.45) is 0 Å². The lowest BCUT2D eigenvalue weighted by Crippen LogP contribution is -2.13. The number of rotatable bonds is 8. The smallest absolute Gasteiger partial charge is 0.268 e.